The van der Waals surface area contributed by atoms with Crippen LogP contribution in [0.1, 0.15) is 36.6 Å². The minimum Gasteiger partial charge on any atom is -0.419 e. The maximum atomic E-state index is 12.9. The molecule has 0 N–H and O–H groups in total. The first-order valence-electron chi connectivity index (χ1n) is 9.17. The van der Waals surface area contributed by atoms with Gasteiger partial charge in [-0.15, -0.1) is 10.2 Å². The second-order valence-corrected chi connectivity index (χ2v) is 7.02. The van der Waals surface area contributed by atoms with Crippen molar-refractivity contribution in [2.75, 3.05) is 11.4 Å². The number of hydrogen-bond donors (Lipinski definition) is 0. The number of rotatable bonds is 4. The molecular formula is C20H20N4O2. The van der Waals surface area contributed by atoms with Crippen LogP contribution in [0.5, 0.6) is 0 Å². The highest BCUT2D eigenvalue weighted by Gasteiger charge is 2.27. The van der Waals surface area contributed by atoms with E-state index in [4.69, 9.17) is 4.42 Å². The molecular weight excluding hydrogens is 328 g/mol. The summed E-state index contributed by atoms with van der Waals surface area (Å²) in [4.78, 5) is 14.7. The number of hydrogen-bond acceptors (Lipinski definition) is 4. The standard InChI is InChI=1S/C20H20N4O2/c25-18(24-12-10-14-5-1-2-8-16(14)24)13-23-11-4-9-17(23)20-22-21-19(26-20)15-6-3-7-15/h1-2,4-5,8-9,11,15H,3,6-7,10,12-13H2. The summed E-state index contributed by atoms with van der Waals surface area (Å²) < 4.78 is 7.76. The fourth-order valence-electron chi connectivity index (χ4n) is 3.73. The predicted molar refractivity (Wildman–Crippen MR) is 96.8 cm³/mol. The van der Waals surface area contributed by atoms with Crippen molar-refractivity contribution >= 4 is 11.6 Å². The van der Waals surface area contributed by atoms with E-state index in [9.17, 15) is 4.79 Å². The summed E-state index contributed by atoms with van der Waals surface area (Å²) in [6.07, 6.45) is 6.27. The van der Waals surface area contributed by atoms with Crippen LogP contribution in [0.15, 0.2) is 47.0 Å². The molecule has 6 nitrogen and oxygen atoms in total. The van der Waals surface area contributed by atoms with E-state index in [-0.39, 0.29) is 12.5 Å². The van der Waals surface area contributed by atoms with Gasteiger partial charge in [0.15, 0.2) is 0 Å². The van der Waals surface area contributed by atoms with E-state index < -0.39 is 0 Å². The van der Waals surface area contributed by atoms with Gasteiger partial charge >= 0.3 is 0 Å². The predicted octanol–water partition coefficient (Wildman–Crippen LogP) is 3.39. The van der Waals surface area contributed by atoms with Crippen LogP contribution in [0, 0.1) is 0 Å². The molecule has 6 heteroatoms. The number of fused-ring (bicyclic) bond motifs is 1. The van der Waals surface area contributed by atoms with Gasteiger partial charge in [0.25, 0.3) is 5.89 Å². The maximum Gasteiger partial charge on any atom is 0.264 e. The van der Waals surface area contributed by atoms with Crippen LogP contribution < -0.4 is 4.90 Å². The molecule has 3 heterocycles. The van der Waals surface area contributed by atoms with Gasteiger partial charge in [-0.25, -0.2) is 0 Å². The molecule has 2 aliphatic rings. The van der Waals surface area contributed by atoms with Gasteiger partial charge in [0.2, 0.25) is 11.8 Å². The molecule has 0 bridgehead atoms. The van der Waals surface area contributed by atoms with Gasteiger partial charge < -0.3 is 13.9 Å². The van der Waals surface area contributed by atoms with Crippen molar-refractivity contribution in [3.8, 4) is 11.6 Å². The molecule has 1 saturated carbocycles. The number of para-hydroxylation sites is 1. The van der Waals surface area contributed by atoms with Crippen molar-refractivity contribution in [2.24, 2.45) is 0 Å². The Hall–Kier alpha value is -2.89. The molecule has 1 fully saturated rings. The zero-order valence-corrected chi connectivity index (χ0v) is 14.5. The largest absolute Gasteiger partial charge is 0.419 e. The quantitative estimate of drug-likeness (QED) is 0.725. The smallest absolute Gasteiger partial charge is 0.264 e. The van der Waals surface area contributed by atoms with E-state index in [1.165, 1.54) is 12.0 Å². The number of carbonyl (C=O) groups is 1. The normalized spacial score (nSPS) is 16.5. The van der Waals surface area contributed by atoms with E-state index >= 15 is 0 Å². The lowest BCUT2D eigenvalue weighted by molar-refractivity contribution is -0.119. The maximum absolute atomic E-state index is 12.9. The summed E-state index contributed by atoms with van der Waals surface area (Å²) in [5.41, 5.74) is 3.05. The molecule has 0 spiro atoms. The Morgan fingerprint density at radius 3 is 2.88 bits per heavy atom. The first kappa shape index (κ1) is 15.4. The zero-order chi connectivity index (χ0) is 17.5. The van der Waals surface area contributed by atoms with Gasteiger partial charge in [-0.05, 0) is 43.0 Å². The Kier molecular flexibility index (Phi) is 3.62. The van der Waals surface area contributed by atoms with Gasteiger partial charge in [-0.2, -0.15) is 0 Å². The summed E-state index contributed by atoms with van der Waals surface area (Å²) in [6.45, 7) is 0.999. The second kappa shape index (κ2) is 6.12. The van der Waals surface area contributed by atoms with E-state index in [0.717, 1.165) is 43.1 Å². The highest BCUT2D eigenvalue weighted by atomic mass is 16.4. The van der Waals surface area contributed by atoms with E-state index in [0.29, 0.717) is 11.8 Å². The van der Waals surface area contributed by atoms with Crippen molar-refractivity contribution in [1.82, 2.24) is 14.8 Å². The number of nitrogens with zero attached hydrogens (tertiary/aromatic N) is 4. The molecule has 5 rings (SSSR count). The van der Waals surface area contributed by atoms with Crippen LogP contribution in [-0.2, 0) is 17.8 Å². The SMILES string of the molecule is O=C(Cn1cccc1-c1nnc(C2CCC2)o1)N1CCc2ccccc21. The van der Waals surface area contributed by atoms with Gasteiger partial charge in [0.05, 0.1) is 0 Å². The molecule has 0 saturated heterocycles. The highest BCUT2D eigenvalue weighted by Crippen LogP contribution is 2.36. The minimum atomic E-state index is 0.0751. The van der Waals surface area contributed by atoms with E-state index in [1.807, 2.05) is 46.0 Å². The average Bonchev–Trinajstić information content (AvgIpc) is 3.31. The molecule has 2 aromatic heterocycles. The minimum absolute atomic E-state index is 0.0751. The number of carbonyl (C=O) groups excluding carboxylic acids is 1. The summed E-state index contributed by atoms with van der Waals surface area (Å²) in [5.74, 6) is 1.69. The lowest BCUT2D eigenvalue weighted by atomic mass is 9.85. The Morgan fingerprint density at radius 2 is 2.04 bits per heavy atom. The molecule has 3 aromatic rings. The van der Waals surface area contributed by atoms with Gasteiger partial charge in [0.1, 0.15) is 12.2 Å². The third-order valence-corrected chi connectivity index (χ3v) is 5.44. The summed E-state index contributed by atoms with van der Waals surface area (Å²) in [7, 11) is 0. The van der Waals surface area contributed by atoms with Crippen LogP contribution in [0.25, 0.3) is 11.6 Å². The van der Waals surface area contributed by atoms with Crippen molar-refractivity contribution in [3.05, 3.63) is 54.0 Å². The molecule has 132 valence electrons. The highest BCUT2D eigenvalue weighted by molar-refractivity contribution is 5.95. The lowest BCUT2D eigenvalue weighted by Crippen LogP contribution is -2.32. The monoisotopic (exact) mass is 348 g/mol. The van der Waals surface area contributed by atoms with Crippen molar-refractivity contribution in [2.45, 2.75) is 38.1 Å². The molecule has 1 amide bonds. The van der Waals surface area contributed by atoms with Gasteiger partial charge in [-0.3, -0.25) is 4.79 Å². The van der Waals surface area contributed by atoms with Crippen LogP contribution in [0.4, 0.5) is 5.69 Å². The Labute approximate surface area is 151 Å². The van der Waals surface area contributed by atoms with E-state index in [2.05, 4.69) is 16.3 Å². The fraction of sp³-hybridized carbons (Fsp3) is 0.350. The first-order valence-corrected chi connectivity index (χ1v) is 9.17. The Morgan fingerprint density at radius 1 is 1.15 bits per heavy atom. The third-order valence-electron chi connectivity index (χ3n) is 5.44. The van der Waals surface area contributed by atoms with Gasteiger partial charge in [-0.1, -0.05) is 24.6 Å². The Bertz CT molecular complexity index is 954. The number of aromatic nitrogens is 3. The van der Waals surface area contributed by atoms with Gasteiger partial charge in [0, 0.05) is 24.3 Å². The zero-order valence-electron chi connectivity index (χ0n) is 14.5. The molecule has 0 radical (unpaired) electrons. The van der Waals surface area contributed by atoms with Crippen molar-refractivity contribution in [3.63, 3.8) is 0 Å². The lowest BCUT2D eigenvalue weighted by Gasteiger charge is -2.20. The summed E-state index contributed by atoms with van der Waals surface area (Å²) in [5, 5.41) is 8.40. The molecule has 26 heavy (non-hydrogen) atoms. The van der Waals surface area contributed by atoms with Crippen LogP contribution >= 0.6 is 0 Å². The van der Waals surface area contributed by atoms with E-state index in [1.54, 1.807) is 0 Å². The Balaban J connectivity index is 1.36. The van der Waals surface area contributed by atoms with Crippen LogP contribution in [-0.4, -0.2) is 27.2 Å². The first-order chi connectivity index (χ1) is 12.8. The third kappa shape index (κ3) is 2.53. The molecule has 1 aliphatic carbocycles. The molecule has 1 aliphatic heterocycles. The van der Waals surface area contributed by atoms with Crippen molar-refractivity contribution < 1.29 is 9.21 Å². The number of anilines is 1. The number of benzene rings is 1. The molecule has 0 atom stereocenters. The summed E-state index contributed by atoms with van der Waals surface area (Å²) >= 11 is 0. The number of amides is 1. The average molecular weight is 348 g/mol. The van der Waals surface area contributed by atoms with Crippen molar-refractivity contribution in [1.29, 1.82) is 0 Å². The van der Waals surface area contributed by atoms with Crippen LogP contribution in [0.3, 0.4) is 0 Å². The second-order valence-electron chi connectivity index (χ2n) is 7.02. The fourth-order valence-corrected chi connectivity index (χ4v) is 3.73. The summed E-state index contributed by atoms with van der Waals surface area (Å²) in [6, 6.07) is 11.9. The molecule has 1 aromatic carbocycles. The topological polar surface area (TPSA) is 64.2 Å². The van der Waals surface area contributed by atoms with Crippen LogP contribution in [0.2, 0.25) is 0 Å². The molecule has 0 unspecified atom stereocenters.